The van der Waals surface area contributed by atoms with Crippen molar-refractivity contribution in [1.82, 2.24) is 14.9 Å². The molecule has 1 aromatic heterocycles. The molecule has 1 fully saturated rings. The van der Waals surface area contributed by atoms with Crippen LogP contribution in [0.5, 0.6) is 5.75 Å². The first-order chi connectivity index (χ1) is 13.7. The van der Waals surface area contributed by atoms with Crippen LogP contribution < -0.4 is 9.64 Å². The van der Waals surface area contributed by atoms with Crippen LogP contribution in [0.15, 0.2) is 42.5 Å². The molecule has 1 saturated heterocycles. The second-order valence-electron chi connectivity index (χ2n) is 8.24. The van der Waals surface area contributed by atoms with Crippen molar-refractivity contribution in [2.45, 2.75) is 25.8 Å². The fourth-order valence-corrected chi connectivity index (χ4v) is 4.38. The molecule has 2 aliphatic rings. The molecule has 0 amide bonds. The van der Waals surface area contributed by atoms with Gasteiger partial charge in [-0.3, -0.25) is 0 Å². The molecular formula is C23H28N4O. The van der Waals surface area contributed by atoms with Crippen molar-refractivity contribution in [3.63, 3.8) is 0 Å². The van der Waals surface area contributed by atoms with Crippen LogP contribution in [0, 0.1) is 5.92 Å². The number of aromatic nitrogens is 2. The number of piperidine rings is 1. The van der Waals surface area contributed by atoms with E-state index in [0.29, 0.717) is 5.92 Å². The Kier molecular flexibility index (Phi) is 4.69. The number of rotatable bonds is 4. The van der Waals surface area contributed by atoms with E-state index in [1.165, 1.54) is 11.1 Å². The van der Waals surface area contributed by atoms with E-state index in [4.69, 9.17) is 9.72 Å². The number of imidazole rings is 1. The third kappa shape index (κ3) is 3.59. The number of H-pyrrole nitrogens is 1. The first-order valence-corrected chi connectivity index (χ1v) is 10.4. The van der Waals surface area contributed by atoms with E-state index in [0.717, 1.165) is 74.8 Å². The van der Waals surface area contributed by atoms with E-state index in [2.05, 4.69) is 52.2 Å². The normalized spacial score (nSPS) is 18.4. The summed E-state index contributed by atoms with van der Waals surface area (Å²) in [5, 5.41) is 0. The molecule has 5 heteroatoms. The standard InChI is InChI=1S/C23H28N4O/c1-26-11-10-18-6-7-20(14-19(18)15-26)28-16-17-8-12-27(13-9-17)23-24-21-4-2-3-5-22(21)25-23/h2-7,14,17H,8-13,15-16H2,1H3,(H,24,25). The Balaban J connectivity index is 1.16. The average Bonchev–Trinajstić information content (AvgIpc) is 3.16. The van der Waals surface area contributed by atoms with Crippen LogP contribution >= 0.6 is 0 Å². The zero-order chi connectivity index (χ0) is 18.9. The van der Waals surface area contributed by atoms with Crippen molar-refractivity contribution in [3.05, 3.63) is 53.6 Å². The molecule has 28 heavy (non-hydrogen) atoms. The van der Waals surface area contributed by atoms with E-state index < -0.39 is 0 Å². The number of likely N-dealkylation sites (N-methyl/N-ethyl adjacent to an activating group) is 1. The number of hydrogen-bond acceptors (Lipinski definition) is 4. The Hall–Kier alpha value is -2.53. The highest BCUT2D eigenvalue weighted by molar-refractivity contribution is 5.77. The fraction of sp³-hybridized carbons (Fsp3) is 0.435. The summed E-state index contributed by atoms with van der Waals surface area (Å²) in [4.78, 5) is 12.9. The molecule has 0 bridgehead atoms. The fourth-order valence-electron chi connectivity index (χ4n) is 4.38. The van der Waals surface area contributed by atoms with Gasteiger partial charge >= 0.3 is 0 Å². The average molecular weight is 377 g/mol. The summed E-state index contributed by atoms with van der Waals surface area (Å²) in [5.74, 6) is 2.63. The van der Waals surface area contributed by atoms with Gasteiger partial charge in [-0.25, -0.2) is 4.98 Å². The van der Waals surface area contributed by atoms with Gasteiger partial charge in [-0.15, -0.1) is 0 Å². The molecule has 0 spiro atoms. The van der Waals surface area contributed by atoms with Crippen molar-refractivity contribution in [1.29, 1.82) is 0 Å². The lowest BCUT2D eigenvalue weighted by atomic mass is 9.98. The van der Waals surface area contributed by atoms with Gasteiger partial charge in [-0.1, -0.05) is 18.2 Å². The van der Waals surface area contributed by atoms with Crippen LogP contribution in [0.4, 0.5) is 5.95 Å². The summed E-state index contributed by atoms with van der Waals surface area (Å²) in [7, 11) is 2.19. The quantitative estimate of drug-likeness (QED) is 0.751. The van der Waals surface area contributed by atoms with Crippen molar-refractivity contribution in [2.75, 3.05) is 38.2 Å². The van der Waals surface area contributed by atoms with Crippen molar-refractivity contribution in [3.8, 4) is 5.75 Å². The van der Waals surface area contributed by atoms with Gasteiger partial charge in [0.05, 0.1) is 17.6 Å². The predicted octanol–water partition coefficient (Wildman–Crippen LogP) is 3.85. The molecule has 2 aliphatic heterocycles. The van der Waals surface area contributed by atoms with E-state index in [1.54, 1.807) is 0 Å². The number of benzene rings is 2. The maximum Gasteiger partial charge on any atom is 0.203 e. The molecule has 146 valence electrons. The minimum atomic E-state index is 0.610. The second kappa shape index (κ2) is 7.47. The van der Waals surface area contributed by atoms with Gasteiger partial charge < -0.3 is 19.5 Å². The number of nitrogens with zero attached hydrogens (tertiary/aromatic N) is 3. The number of aromatic amines is 1. The molecule has 3 heterocycles. The lowest BCUT2D eigenvalue weighted by molar-refractivity contribution is 0.221. The van der Waals surface area contributed by atoms with Crippen molar-refractivity contribution >= 4 is 17.0 Å². The lowest BCUT2D eigenvalue weighted by Crippen LogP contribution is -2.36. The molecule has 0 radical (unpaired) electrons. The lowest BCUT2D eigenvalue weighted by Gasteiger charge is -2.31. The van der Waals surface area contributed by atoms with Crippen LogP contribution in [-0.2, 0) is 13.0 Å². The van der Waals surface area contributed by atoms with Gasteiger partial charge in [-0.05, 0) is 67.6 Å². The summed E-state index contributed by atoms with van der Waals surface area (Å²) in [6, 6.07) is 14.9. The SMILES string of the molecule is CN1CCc2ccc(OCC3CCN(c4nc5ccccc5[nH]4)CC3)cc2C1. The molecule has 5 rings (SSSR count). The Labute approximate surface area is 166 Å². The Morgan fingerprint density at radius 3 is 2.79 bits per heavy atom. The van der Waals surface area contributed by atoms with Gasteiger partial charge in [-0.2, -0.15) is 0 Å². The highest BCUT2D eigenvalue weighted by Crippen LogP contribution is 2.26. The van der Waals surface area contributed by atoms with Gasteiger partial charge in [0, 0.05) is 26.2 Å². The largest absolute Gasteiger partial charge is 0.493 e. The molecule has 0 atom stereocenters. The van der Waals surface area contributed by atoms with E-state index >= 15 is 0 Å². The van der Waals surface area contributed by atoms with E-state index in [9.17, 15) is 0 Å². The van der Waals surface area contributed by atoms with Crippen LogP contribution in [-0.4, -0.2) is 48.2 Å². The molecule has 1 N–H and O–H groups in total. The summed E-state index contributed by atoms with van der Waals surface area (Å²) >= 11 is 0. The summed E-state index contributed by atoms with van der Waals surface area (Å²) in [6.07, 6.45) is 3.43. The molecule has 2 aromatic carbocycles. The van der Waals surface area contributed by atoms with E-state index in [1.807, 2.05) is 12.1 Å². The third-order valence-corrected chi connectivity index (χ3v) is 6.16. The molecular weight excluding hydrogens is 348 g/mol. The monoisotopic (exact) mass is 376 g/mol. The van der Waals surface area contributed by atoms with Gasteiger partial charge in [0.2, 0.25) is 5.95 Å². The Bertz CT molecular complexity index is 925. The highest BCUT2D eigenvalue weighted by atomic mass is 16.5. The smallest absolute Gasteiger partial charge is 0.203 e. The third-order valence-electron chi connectivity index (χ3n) is 6.16. The number of nitrogens with one attached hydrogen (secondary N) is 1. The first-order valence-electron chi connectivity index (χ1n) is 10.4. The van der Waals surface area contributed by atoms with Gasteiger partial charge in [0.1, 0.15) is 5.75 Å². The first kappa shape index (κ1) is 17.6. The van der Waals surface area contributed by atoms with Crippen LogP contribution in [0.3, 0.4) is 0 Å². The number of hydrogen-bond donors (Lipinski definition) is 1. The maximum atomic E-state index is 6.18. The highest BCUT2D eigenvalue weighted by Gasteiger charge is 2.22. The number of fused-ring (bicyclic) bond motifs is 2. The van der Waals surface area contributed by atoms with Crippen LogP contribution in [0.2, 0.25) is 0 Å². The second-order valence-corrected chi connectivity index (χ2v) is 8.24. The number of para-hydroxylation sites is 2. The summed E-state index contributed by atoms with van der Waals surface area (Å²) < 4.78 is 6.18. The van der Waals surface area contributed by atoms with Crippen LogP contribution in [0.25, 0.3) is 11.0 Å². The summed E-state index contributed by atoms with van der Waals surface area (Å²) in [6.45, 7) is 5.05. The van der Waals surface area contributed by atoms with Crippen molar-refractivity contribution < 1.29 is 4.74 Å². The van der Waals surface area contributed by atoms with Crippen molar-refractivity contribution in [2.24, 2.45) is 5.92 Å². The predicted molar refractivity (Wildman–Crippen MR) is 113 cm³/mol. The number of ether oxygens (including phenoxy) is 1. The molecule has 0 aliphatic carbocycles. The molecule has 0 unspecified atom stereocenters. The Morgan fingerprint density at radius 2 is 1.93 bits per heavy atom. The minimum Gasteiger partial charge on any atom is -0.493 e. The van der Waals surface area contributed by atoms with Gasteiger partial charge in [0.15, 0.2) is 0 Å². The summed E-state index contributed by atoms with van der Waals surface area (Å²) in [5.41, 5.74) is 5.05. The van der Waals surface area contributed by atoms with E-state index in [-0.39, 0.29) is 0 Å². The zero-order valence-electron chi connectivity index (χ0n) is 16.5. The minimum absolute atomic E-state index is 0.610. The van der Waals surface area contributed by atoms with Crippen LogP contribution in [0.1, 0.15) is 24.0 Å². The molecule has 5 nitrogen and oxygen atoms in total. The number of anilines is 1. The molecule has 0 saturated carbocycles. The van der Waals surface area contributed by atoms with Gasteiger partial charge in [0.25, 0.3) is 0 Å². The topological polar surface area (TPSA) is 44.4 Å². The maximum absolute atomic E-state index is 6.18. The molecule has 3 aromatic rings. The zero-order valence-corrected chi connectivity index (χ0v) is 16.5. The Morgan fingerprint density at radius 1 is 1.07 bits per heavy atom.